The van der Waals surface area contributed by atoms with Crippen molar-refractivity contribution in [1.29, 1.82) is 0 Å². The van der Waals surface area contributed by atoms with Crippen molar-refractivity contribution in [3.05, 3.63) is 29.8 Å². The summed E-state index contributed by atoms with van der Waals surface area (Å²) in [5.41, 5.74) is 0.928. The van der Waals surface area contributed by atoms with E-state index in [1.54, 1.807) is 24.1 Å². The third kappa shape index (κ3) is 12.3. The molecule has 11 heteroatoms. The smallest absolute Gasteiger partial charge is 0.212 e. The zero-order valence-corrected chi connectivity index (χ0v) is 16.6. The minimum Gasteiger partial charge on any atom is -0.744 e. The molecule has 0 heterocycles. The van der Waals surface area contributed by atoms with Crippen molar-refractivity contribution < 1.29 is 31.6 Å². The fourth-order valence-corrected chi connectivity index (χ4v) is 3.25. The lowest BCUT2D eigenvalue weighted by Crippen LogP contribution is -2.37. The highest BCUT2D eigenvalue weighted by molar-refractivity contribution is 7.89. The maximum absolute atomic E-state index is 11.3. The normalized spacial score (nSPS) is 11.9. The van der Waals surface area contributed by atoms with Gasteiger partial charge in [-0.15, -0.1) is 0 Å². The first kappa shape index (κ1) is 24.9. The average Bonchev–Trinajstić information content (AvgIpc) is 2.54. The summed E-state index contributed by atoms with van der Waals surface area (Å²) in [6.45, 7) is 2.46. The Morgan fingerprint density at radius 1 is 1.04 bits per heavy atom. The van der Waals surface area contributed by atoms with E-state index in [2.05, 4.69) is 4.72 Å². The molecule has 0 bridgehead atoms. The van der Waals surface area contributed by atoms with Crippen molar-refractivity contribution >= 4 is 20.1 Å². The number of likely N-dealkylation sites (N-methyl/N-ethyl adjacent to an activating group) is 1. The molecule has 0 spiro atoms. The number of hydrogen-bond donors (Lipinski definition) is 3. The monoisotopic (exact) mass is 411 g/mol. The van der Waals surface area contributed by atoms with Gasteiger partial charge in [-0.1, -0.05) is 17.7 Å². The van der Waals surface area contributed by atoms with Gasteiger partial charge < -0.3 is 14.8 Å². The molecule has 152 valence electrons. The Balaban J connectivity index is 0.000000502. The van der Waals surface area contributed by atoms with Crippen LogP contribution in [0.5, 0.6) is 0 Å². The highest BCUT2D eigenvalue weighted by atomic mass is 32.2. The summed E-state index contributed by atoms with van der Waals surface area (Å²) < 4.78 is 56.2. The third-order valence-electron chi connectivity index (χ3n) is 3.17. The molecule has 1 rings (SSSR count). The van der Waals surface area contributed by atoms with Crippen molar-refractivity contribution in [1.82, 2.24) is 9.62 Å². The lowest BCUT2D eigenvalue weighted by molar-refractivity contribution is 0.220. The van der Waals surface area contributed by atoms with Crippen LogP contribution in [-0.4, -0.2) is 75.7 Å². The topological polar surface area (TPSA) is 147 Å². The van der Waals surface area contributed by atoms with E-state index in [0.29, 0.717) is 19.4 Å². The van der Waals surface area contributed by atoms with E-state index in [0.717, 1.165) is 5.56 Å². The molecule has 0 aromatic heterocycles. The number of benzene rings is 1. The molecule has 0 saturated heterocycles. The maximum Gasteiger partial charge on any atom is 0.212 e. The van der Waals surface area contributed by atoms with Gasteiger partial charge in [0.25, 0.3) is 0 Å². The fourth-order valence-electron chi connectivity index (χ4n) is 1.64. The zero-order chi connectivity index (χ0) is 20.2. The second-order valence-corrected chi connectivity index (χ2v) is 8.93. The summed E-state index contributed by atoms with van der Waals surface area (Å²) in [5.74, 6) is 0.0283. The lowest BCUT2D eigenvalue weighted by atomic mass is 10.2. The van der Waals surface area contributed by atoms with E-state index in [9.17, 15) is 21.4 Å². The van der Waals surface area contributed by atoms with E-state index in [4.69, 9.17) is 10.2 Å². The van der Waals surface area contributed by atoms with Gasteiger partial charge in [-0.25, -0.2) is 21.6 Å². The molecule has 3 N–H and O–H groups in total. The minimum atomic E-state index is -4.27. The fraction of sp³-hybridized carbons (Fsp3) is 0.600. The SMILES string of the molecule is CN(CCO)CNS(=O)(=O)CCCCO.Cc1ccc(S(=O)(=O)[O-])cc1. The Kier molecular flexibility index (Phi) is 11.8. The molecule has 1 aromatic rings. The number of nitrogens with one attached hydrogen (secondary N) is 1. The second kappa shape index (κ2) is 12.3. The molecule has 1 aromatic carbocycles. The van der Waals surface area contributed by atoms with Gasteiger partial charge in [0.15, 0.2) is 0 Å². The first-order valence-corrected chi connectivity index (χ1v) is 11.0. The third-order valence-corrected chi connectivity index (χ3v) is 5.41. The van der Waals surface area contributed by atoms with Crippen LogP contribution in [0.2, 0.25) is 0 Å². The lowest BCUT2D eigenvalue weighted by Gasteiger charge is -2.15. The Morgan fingerprint density at radius 3 is 2.08 bits per heavy atom. The highest BCUT2D eigenvalue weighted by Crippen LogP contribution is 2.08. The Hall–Kier alpha value is -1.08. The number of aliphatic hydroxyl groups excluding tert-OH is 2. The minimum absolute atomic E-state index is 0.00272. The summed E-state index contributed by atoms with van der Waals surface area (Å²) in [6, 6.07) is 5.78. The number of sulfonamides is 1. The van der Waals surface area contributed by atoms with Crippen molar-refractivity contribution in [2.45, 2.75) is 24.7 Å². The van der Waals surface area contributed by atoms with E-state index in [1.807, 2.05) is 6.92 Å². The zero-order valence-electron chi connectivity index (χ0n) is 15.0. The summed E-state index contributed by atoms with van der Waals surface area (Å²) >= 11 is 0. The quantitative estimate of drug-likeness (QED) is 0.264. The standard InChI is InChI=1S/C8H20N2O4S.C7H8O3S/c1-10(4-6-12)8-9-15(13,14)7-3-2-5-11;1-6-2-4-7(5-3-6)11(8,9)10/h9,11-12H,2-8H2,1H3;2-5H,1H3,(H,8,9,10)/p-1. The molecule has 0 saturated carbocycles. The molecule has 9 nitrogen and oxygen atoms in total. The highest BCUT2D eigenvalue weighted by Gasteiger charge is 2.09. The molecule has 0 aliphatic carbocycles. The average molecular weight is 412 g/mol. The molecule has 0 atom stereocenters. The van der Waals surface area contributed by atoms with E-state index < -0.39 is 20.1 Å². The van der Waals surface area contributed by atoms with Crippen molar-refractivity contribution in [2.75, 3.05) is 39.2 Å². The maximum atomic E-state index is 11.3. The van der Waals surface area contributed by atoms with Crippen LogP contribution < -0.4 is 4.72 Å². The van der Waals surface area contributed by atoms with Gasteiger partial charge >= 0.3 is 0 Å². The van der Waals surface area contributed by atoms with Crippen molar-refractivity contribution in [3.63, 3.8) is 0 Å². The summed E-state index contributed by atoms with van der Waals surface area (Å²) in [7, 11) is -5.81. The molecule has 0 amide bonds. The van der Waals surface area contributed by atoms with E-state index >= 15 is 0 Å². The van der Waals surface area contributed by atoms with Crippen LogP contribution >= 0.6 is 0 Å². The molecule has 0 radical (unpaired) electrons. The first-order valence-electron chi connectivity index (χ1n) is 7.92. The van der Waals surface area contributed by atoms with Gasteiger partial charge in [0.2, 0.25) is 10.0 Å². The van der Waals surface area contributed by atoms with Crippen LogP contribution in [0.1, 0.15) is 18.4 Å². The molecular weight excluding hydrogens is 384 g/mol. The van der Waals surface area contributed by atoms with Crippen LogP contribution in [0, 0.1) is 6.92 Å². The van der Waals surface area contributed by atoms with E-state index in [-0.39, 0.29) is 30.5 Å². The Bertz CT molecular complexity index is 704. The number of aliphatic hydroxyl groups is 2. The van der Waals surface area contributed by atoms with Crippen LogP contribution in [0.4, 0.5) is 0 Å². The van der Waals surface area contributed by atoms with Crippen LogP contribution in [-0.2, 0) is 20.1 Å². The van der Waals surface area contributed by atoms with Crippen molar-refractivity contribution in [2.24, 2.45) is 0 Å². The van der Waals surface area contributed by atoms with E-state index in [1.165, 1.54) is 12.1 Å². The molecular formula is C15H27N2O7S2-. The van der Waals surface area contributed by atoms with Gasteiger partial charge in [-0.3, -0.25) is 4.90 Å². The molecule has 26 heavy (non-hydrogen) atoms. The number of nitrogens with zero attached hydrogens (tertiary/aromatic N) is 1. The first-order chi connectivity index (χ1) is 12.0. The van der Waals surface area contributed by atoms with Crippen LogP contribution in [0.15, 0.2) is 29.2 Å². The second-order valence-electron chi connectivity index (χ2n) is 5.62. The number of unbranched alkanes of at least 4 members (excludes halogenated alkanes) is 1. The summed E-state index contributed by atoms with van der Waals surface area (Å²) in [4.78, 5) is 1.49. The largest absolute Gasteiger partial charge is 0.744 e. The molecule has 0 aliphatic rings. The summed E-state index contributed by atoms with van der Waals surface area (Å²) in [6.07, 6.45) is 0.947. The summed E-state index contributed by atoms with van der Waals surface area (Å²) in [5, 5.41) is 17.1. The van der Waals surface area contributed by atoms with Gasteiger partial charge in [-0.05, 0) is 38.9 Å². The molecule has 0 aliphatic heterocycles. The number of rotatable bonds is 10. The number of aryl methyl sites for hydroxylation is 1. The Morgan fingerprint density at radius 2 is 1.62 bits per heavy atom. The number of hydrogen-bond acceptors (Lipinski definition) is 8. The predicted octanol–water partition coefficient (Wildman–Crippen LogP) is -0.541. The molecule has 0 fully saturated rings. The predicted molar refractivity (Wildman–Crippen MR) is 97.0 cm³/mol. The van der Waals surface area contributed by atoms with Crippen LogP contribution in [0.3, 0.4) is 0 Å². The van der Waals surface area contributed by atoms with Gasteiger partial charge in [0, 0.05) is 13.2 Å². The Labute approximate surface area is 155 Å². The van der Waals surface area contributed by atoms with Gasteiger partial charge in [0.1, 0.15) is 10.1 Å². The van der Waals surface area contributed by atoms with Gasteiger partial charge in [0.05, 0.1) is 23.9 Å². The van der Waals surface area contributed by atoms with Crippen molar-refractivity contribution in [3.8, 4) is 0 Å². The van der Waals surface area contributed by atoms with Crippen LogP contribution in [0.25, 0.3) is 0 Å². The van der Waals surface area contributed by atoms with Gasteiger partial charge in [-0.2, -0.15) is 0 Å². The molecule has 0 unspecified atom stereocenters.